The largest absolute Gasteiger partial charge is 0.378 e. The van der Waals surface area contributed by atoms with E-state index >= 15 is 0 Å². The molecule has 0 bridgehead atoms. The molecule has 3 heteroatoms. The van der Waals surface area contributed by atoms with Crippen LogP contribution in [0.15, 0.2) is 11.6 Å². The first-order chi connectivity index (χ1) is 17.0. The first kappa shape index (κ1) is 26.2. The molecule has 1 saturated heterocycles. The first-order valence-electron chi connectivity index (χ1n) is 15.6. The van der Waals surface area contributed by atoms with Gasteiger partial charge in [-0.15, -0.1) is 0 Å². The maximum absolute atomic E-state index is 6.44. The third-order valence-corrected chi connectivity index (χ3v) is 11.6. The molecule has 4 fully saturated rings. The zero-order chi connectivity index (χ0) is 24.3. The predicted octanol–water partition coefficient (Wildman–Crippen LogP) is 8.46. The summed E-state index contributed by atoms with van der Waals surface area (Å²) in [4.78, 5) is 0. The highest BCUT2D eigenvalue weighted by atomic mass is 16.7. The Hall–Kier alpha value is -0.380. The molecule has 1 aliphatic heterocycles. The van der Waals surface area contributed by atoms with Crippen molar-refractivity contribution in [2.45, 2.75) is 136 Å². The number of fused-ring (bicyclic) bond motifs is 5. The molecule has 3 saturated carbocycles. The second-order valence-corrected chi connectivity index (χ2v) is 13.3. The van der Waals surface area contributed by atoms with E-state index in [1.165, 1.54) is 89.9 Å². The van der Waals surface area contributed by atoms with Gasteiger partial charge in [0.2, 0.25) is 0 Å². The third-order valence-electron chi connectivity index (χ3n) is 11.6. The van der Waals surface area contributed by atoms with Crippen LogP contribution >= 0.6 is 0 Å². The Bertz CT molecular complexity index is 712. The summed E-state index contributed by atoms with van der Waals surface area (Å²) in [7, 11) is 0. The Morgan fingerprint density at radius 2 is 1.71 bits per heavy atom. The molecule has 35 heavy (non-hydrogen) atoms. The van der Waals surface area contributed by atoms with E-state index in [0.29, 0.717) is 16.9 Å². The van der Waals surface area contributed by atoms with Crippen molar-refractivity contribution in [2.24, 2.45) is 34.5 Å². The lowest BCUT2D eigenvalue weighted by atomic mass is 9.47. The fraction of sp³-hybridized carbons (Fsp3) is 0.938. The summed E-state index contributed by atoms with van der Waals surface area (Å²) < 4.78 is 17.9. The Kier molecular flexibility index (Phi) is 8.67. The van der Waals surface area contributed by atoms with E-state index in [1.807, 2.05) is 0 Å². The topological polar surface area (TPSA) is 27.7 Å². The normalized spacial score (nSPS) is 43.2. The van der Waals surface area contributed by atoms with Crippen molar-refractivity contribution >= 4 is 0 Å². The van der Waals surface area contributed by atoms with Crippen LogP contribution in [0, 0.1) is 34.5 Å². The highest BCUT2D eigenvalue weighted by Crippen LogP contribution is 2.66. The molecular weight excluding hydrogens is 432 g/mol. The first-order valence-corrected chi connectivity index (χ1v) is 15.6. The molecule has 200 valence electrons. The molecule has 4 unspecified atom stereocenters. The van der Waals surface area contributed by atoms with Gasteiger partial charge in [0.1, 0.15) is 0 Å². The molecule has 3 nitrogen and oxygen atoms in total. The quantitative estimate of drug-likeness (QED) is 0.229. The molecule has 0 amide bonds. The lowest BCUT2D eigenvalue weighted by molar-refractivity contribution is -0.162. The van der Waals surface area contributed by atoms with Crippen LogP contribution in [0.4, 0.5) is 0 Å². The van der Waals surface area contributed by atoms with Crippen LogP contribution in [-0.2, 0) is 14.2 Å². The van der Waals surface area contributed by atoms with Crippen molar-refractivity contribution in [1.82, 2.24) is 0 Å². The van der Waals surface area contributed by atoms with Gasteiger partial charge in [-0.3, -0.25) is 0 Å². The summed E-state index contributed by atoms with van der Waals surface area (Å²) in [5.41, 5.74) is 2.86. The fourth-order valence-corrected chi connectivity index (χ4v) is 9.41. The van der Waals surface area contributed by atoms with Crippen LogP contribution in [0.1, 0.15) is 124 Å². The second-order valence-electron chi connectivity index (χ2n) is 13.3. The molecule has 0 N–H and O–H groups in total. The maximum atomic E-state index is 6.44. The lowest BCUT2D eigenvalue weighted by Crippen LogP contribution is -2.50. The van der Waals surface area contributed by atoms with Gasteiger partial charge in [-0.25, -0.2) is 0 Å². The SMILES string of the molecule is CC[C@H]1CCC2C3CC=C4C[C@@H](OCCCCCCOC5CCCCO5)CC[C@]4(C)C3CC[C@@]21C. The fourth-order valence-electron chi connectivity index (χ4n) is 9.41. The van der Waals surface area contributed by atoms with Gasteiger partial charge in [0.05, 0.1) is 6.10 Å². The number of hydrogen-bond donors (Lipinski definition) is 0. The smallest absolute Gasteiger partial charge is 0.157 e. The maximum Gasteiger partial charge on any atom is 0.157 e. The highest BCUT2D eigenvalue weighted by Gasteiger charge is 2.58. The van der Waals surface area contributed by atoms with E-state index in [2.05, 4.69) is 26.8 Å². The number of unbranched alkanes of at least 4 members (excludes halogenated alkanes) is 3. The minimum Gasteiger partial charge on any atom is -0.378 e. The van der Waals surface area contributed by atoms with Crippen LogP contribution in [0.25, 0.3) is 0 Å². The minimum absolute atomic E-state index is 0.0676. The van der Waals surface area contributed by atoms with Gasteiger partial charge in [-0.1, -0.05) is 51.7 Å². The summed E-state index contributed by atoms with van der Waals surface area (Å²) in [6, 6.07) is 0. The molecular formula is C32H54O3. The van der Waals surface area contributed by atoms with E-state index in [-0.39, 0.29) is 6.29 Å². The molecule has 0 radical (unpaired) electrons. The molecule has 0 spiro atoms. The van der Waals surface area contributed by atoms with Gasteiger partial charge in [0, 0.05) is 19.8 Å². The average molecular weight is 487 g/mol. The number of allylic oxidation sites excluding steroid dienone is 1. The molecule has 0 aromatic rings. The van der Waals surface area contributed by atoms with Crippen LogP contribution in [0.5, 0.6) is 0 Å². The molecule has 1 heterocycles. The lowest BCUT2D eigenvalue weighted by Gasteiger charge is -2.58. The minimum atomic E-state index is 0.0676. The zero-order valence-corrected chi connectivity index (χ0v) is 23.2. The average Bonchev–Trinajstić information content (AvgIpc) is 3.22. The molecule has 0 aromatic heterocycles. The van der Waals surface area contributed by atoms with Gasteiger partial charge in [-0.05, 0) is 118 Å². The van der Waals surface area contributed by atoms with Crippen molar-refractivity contribution in [1.29, 1.82) is 0 Å². The number of rotatable bonds is 10. The van der Waals surface area contributed by atoms with Crippen molar-refractivity contribution < 1.29 is 14.2 Å². The van der Waals surface area contributed by atoms with Gasteiger partial charge in [0.25, 0.3) is 0 Å². The van der Waals surface area contributed by atoms with E-state index in [9.17, 15) is 0 Å². The monoisotopic (exact) mass is 486 g/mol. The van der Waals surface area contributed by atoms with E-state index in [4.69, 9.17) is 14.2 Å². The highest BCUT2D eigenvalue weighted by molar-refractivity contribution is 5.25. The van der Waals surface area contributed by atoms with Crippen molar-refractivity contribution in [3.05, 3.63) is 11.6 Å². The molecule has 8 atom stereocenters. The zero-order valence-electron chi connectivity index (χ0n) is 23.2. The Labute approximate surface area is 216 Å². The van der Waals surface area contributed by atoms with Gasteiger partial charge in [0.15, 0.2) is 6.29 Å². The number of hydrogen-bond acceptors (Lipinski definition) is 3. The Morgan fingerprint density at radius 1 is 0.886 bits per heavy atom. The van der Waals surface area contributed by atoms with Gasteiger partial charge in [-0.2, -0.15) is 0 Å². The van der Waals surface area contributed by atoms with Crippen molar-refractivity contribution in [2.75, 3.05) is 19.8 Å². The molecule has 4 aliphatic carbocycles. The molecule has 5 aliphatic rings. The Morgan fingerprint density at radius 3 is 2.49 bits per heavy atom. The van der Waals surface area contributed by atoms with Gasteiger partial charge < -0.3 is 14.2 Å². The summed E-state index contributed by atoms with van der Waals surface area (Å²) in [5, 5.41) is 0. The van der Waals surface area contributed by atoms with Gasteiger partial charge >= 0.3 is 0 Å². The van der Waals surface area contributed by atoms with Crippen molar-refractivity contribution in [3.63, 3.8) is 0 Å². The van der Waals surface area contributed by atoms with Crippen LogP contribution < -0.4 is 0 Å². The summed E-state index contributed by atoms with van der Waals surface area (Å²) >= 11 is 0. The molecule has 5 rings (SSSR count). The summed E-state index contributed by atoms with van der Waals surface area (Å²) in [6.07, 6.45) is 24.1. The second kappa shape index (κ2) is 11.6. The summed E-state index contributed by atoms with van der Waals surface area (Å²) in [6.45, 7) is 10.4. The summed E-state index contributed by atoms with van der Waals surface area (Å²) in [5.74, 6) is 3.84. The van der Waals surface area contributed by atoms with Crippen LogP contribution in [0.3, 0.4) is 0 Å². The van der Waals surface area contributed by atoms with Crippen LogP contribution in [-0.4, -0.2) is 32.2 Å². The van der Waals surface area contributed by atoms with E-state index in [1.54, 1.807) is 5.57 Å². The predicted molar refractivity (Wildman–Crippen MR) is 143 cm³/mol. The standard InChI is InChI=1S/C32H54O3/c1-4-24-13-15-28-27-14-12-25-23-26(16-18-32(25,3)29(27)17-19-31(24,28)2)33-20-8-5-6-9-21-34-30-11-7-10-22-35-30/h12,24,26-30H,4-11,13-23H2,1-3H3/t24-,26-,27?,28?,29?,30?,31+,32-/m0/s1. The number of ether oxygens (including phenoxy) is 3. The third kappa shape index (κ3) is 5.44. The van der Waals surface area contributed by atoms with E-state index < -0.39 is 0 Å². The Balaban J connectivity index is 1.03. The molecule has 0 aromatic carbocycles. The van der Waals surface area contributed by atoms with Crippen LogP contribution in [0.2, 0.25) is 0 Å². The van der Waals surface area contributed by atoms with Crippen molar-refractivity contribution in [3.8, 4) is 0 Å². The van der Waals surface area contributed by atoms with E-state index in [0.717, 1.165) is 56.3 Å².